The van der Waals surface area contributed by atoms with Gasteiger partial charge in [0.15, 0.2) is 11.6 Å². The van der Waals surface area contributed by atoms with E-state index in [1.165, 1.54) is 12.1 Å². The largest absolute Gasteiger partial charge is 0.573 e. The van der Waals surface area contributed by atoms with E-state index in [-0.39, 0.29) is 16.7 Å². The van der Waals surface area contributed by atoms with Crippen molar-refractivity contribution in [1.82, 2.24) is 0 Å². The number of benzene rings is 5. The van der Waals surface area contributed by atoms with E-state index >= 15 is 22.0 Å². The maximum Gasteiger partial charge on any atom is 0.573 e. The fourth-order valence-corrected chi connectivity index (χ4v) is 5.05. The Morgan fingerprint density at radius 3 is 1.65 bits per heavy atom. The fraction of sp³-hybridized carbons (Fsp3) is 0.167. The van der Waals surface area contributed by atoms with E-state index in [2.05, 4.69) is 16.4 Å². The highest BCUT2D eigenvalue weighted by atomic mass is 19.4. The van der Waals surface area contributed by atoms with E-state index in [9.17, 15) is 22.0 Å². The van der Waals surface area contributed by atoms with Crippen LogP contribution in [0, 0.1) is 29.1 Å². The molecule has 0 unspecified atom stereocenters. The lowest BCUT2D eigenvalue weighted by Gasteiger charge is -2.20. The SMILES string of the molecule is CCCCc1ccc(-c2ccc(-c3cc(F)c(C(F)(F)Oc4ccc(-c5ccc(OC(F)(F)F)c(F)c5)c(F)c4)c(F)c3)c(F)c2)cc1. The molecule has 48 heavy (non-hydrogen) atoms. The predicted molar refractivity (Wildman–Crippen MR) is 159 cm³/mol. The van der Waals surface area contributed by atoms with Crippen LogP contribution in [0.15, 0.2) is 91.0 Å². The minimum atomic E-state index is -5.18. The molecule has 0 heterocycles. The van der Waals surface area contributed by atoms with Gasteiger partial charge in [0, 0.05) is 17.2 Å². The lowest BCUT2D eigenvalue weighted by atomic mass is 9.97. The molecule has 0 bridgehead atoms. The van der Waals surface area contributed by atoms with E-state index in [4.69, 9.17) is 0 Å². The van der Waals surface area contributed by atoms with Crippen LogP contribution < -0.4 is 9.47 Å². The minimum absolute atomic E-state index is 0.251. The second kappa shape index (κ2) is 13.6. The molecule has 0 N–H and O–H groups in total. The molecule has 0 aliphatic carbocycles. The van der Waals surface area contributed by atoms with Crippen LogP contribution in [0.5, 0.6) is 11.5 Å². The number of ether oxygens (including phenoxy) is 2. The quantitative estimate of drug-likeness (QED) is 0.137. The van der Waals surface area contributed by atoms with E-state index in [0.29, 0.717) is 41.5 Å². The average Bonchev–Trinajstić information content (AvgIpc) is 3.00. The van der Waals surface area contributed by atoms with E-state index in [0.717, 1.165) is 49.1 Å². The van der Waals surface area contributed by atoms with Crippen LogP contribution in [-0.4, -0.2) is 6.36 Å². The summed E-state index contributed by atoms with van der Waals surface area (Å²) in [5.74, 6) is -9.20. The van der Waals surface area contributed by atoms with Crippen LogP contribution in [0.1, 0.15) is 30.9 Å². The van der Waals surface area contributed by atoms with Crippen LogP contribution in [-0.2, 0) is 12.5 Å². The standard InChI is InChI=1S/C36H24F10O2/c1-2-3-4-20-5-7-21(8-6-20)22-9-12-27(28(37)15-22)24-17-31(40)34(32(41)18-24)35(42,43)47-25-11-13-26(29(38)19-25)23-10-14-33(30(39)16-23)48-36(44,45)46/h5-19H,2-4H2,1H3. The van der Waals surface area contributed by atoms with Gasteiger partial charge in [-0.3, -0.25) is 0 Å². The molecule has 0 aliphatic rings. The van der Waals surface area contributed by atoms with Crippen LogP contribution in [0.25, 0.3) is 33.4 Å². The first-order valence-electron chi connectivity index (χ1n) is 14.5. The Bertz CT molecular complexity index is 1910. The Morgan fingerprint density at radius 2 is 1.06 bits per heavy atom. The first-order chi connectivity index (χ1) is 22.6. The van der Waals surface area contributed by atoms with Crippen molar-refractivity contribution in [3.05, 3.63) is 131 Å². The summed E-state index contributed by atoms with van der Waals surface area (Å²) in [5, 5.41) is 0. The summed E-state index contributed by atoms with van der Waals surface area (Å²) < 4.78 is 149. The maximum absolute atomic E-state index is 15.1. The van der Waals surface area contributed by atoms with E-state index in [1.54, 1.807) is 0 Å². The molecule has 0 atom stereocenters. The molecule has 0 aromatic heterocycles. The van der Waals surface area contributed by atoms with Gasteiger partial charge in [0.2, 0.25) is 0 Å². The highest BCUT2D eigenvalue weighted by Gasteiger charge is 2.41. The van der Waals surface area contributed by atoms with Crippen molar-refractivity contribution in [3.63, 3.8) is 0 Å². The Kier molecular flexibility index (Phi) is 9.74. The van der Waals surface area contributed by atoms with Crippen LogP contribution >= 0.6 is 0 Å². The summed E-state index contributed by atoms with van der Waals surface area (Å²) in [6, 6.07) is 16.5. The number of aryl methyl sites for hydroxylation is 1. The van der Waals surface area contributed by atoms with Gasteiger partial charge in [-0.05, 0) is 83.1 Å². The minimum Gasteiger partial charge on any atom is -0.429 e. The Balaban J connectivity index is 1.35. The van der Waals surface area contributed by atoms with Crippen LogP contribution in [0.3, 0.4) is 0 Å². The van der Waals surface area contributed by atoms with Crippen molar-refractivity contribution in [2.24, 2.45) is 0 Å². The van der Waals surface area contributed by atoms with Crippen molar-refractivity contribution in [1.29, 1.82) is 0 Å². The van der Waals surface area contributed by atoms with Crippen LogP contribution in [0.4, 0.5) is 43.9 Å². The molecule has 5 aromatic rings. The van der Waals surface area contributed by atoms with Crippen molar-refractivity contribution in [2.45, 2.75) is 38.7 Å². The molecule has 0 saturated carbocycles. The number of alkyl halides is 5. The summed E-state index contributed by atoms with van der Waals surface area (Å²) in [6.07, 6.45) is -6.91. The fourth-order valence-electron chi connectivity index (χ4n) is 5.05. The lowest BCUT2D eigenvalue weighted by Crippen LogP contribution is -2.25. The summed E-state index contributed by atoms with van der Waals surface area (Å²) in [7, 11) is 0. The van der Waals surface area contributed by atoms with Crippen molar-refractivity contribution >= 4 is 0 Å². The second-order valence-corrected chi connectivity index (χ2v) is 10.8. The molecule has 0 fully saturated rings. The topological polar surface area (TPSA) is 18.5 Å². The average molecular weight is 679 g/mol. The van der Waals surface area contributed by atoms with E-state index < -0.39 is 64.2 Å². The zero-order valence-electron chi connectivity index (χ0n) is 24.9. The summed E-state index contributed by atoms with van der Waals surface area (Å²) >= 11 is 0. The number of hydrogen-bond acceptors (Lipinski definition) is 2. The molecule has 0 amide bonds. The first-order valence-corrected chi connectivity index (χ1v) is 14.5. The molecular formula is C36H24F10O2. The third-order valence-corrected chi connectivity index (χ3v) is 7.37. The third kappa shape index (κ3) is 7.75. The van der Waals surface area contributed by atoms with E-state index in [1.807, 2.05) is 24.3 Å². The molecule has 0 spiro atoms. The summed E-state index contributed by atoms with van der Waals surface area (Å²) in [5.41, 5.74) is -0.805. The zero-order chi connectivity index (χ0) is 34.8. The van der Waals surface area contributed by atoms with Gasteiger partial charge in [-0.15, -0.1) is 13.2 Å². The highest BCUT2D eigenvalue weighted by molar-refractivity contribution is 5.72. The van der Waals surface area contributed by atoms with Gasteiger partial charge in [-0.1, -0.05) is 55.8 Å². The maximum atomic E-state index is 15.1. The monoisotopic (exact) mass is 678 g/mol. The van der Waals surface area contributed by atoms with Gasteiger partial charge in [-0.2, -0.15) is 8.78 Å². The van der Waals surface area contributed by atoms with Crippen LogP contribution in [0.2, 0.25) is 0 Å². The van der Waals surface area contributed by atoms with Gasteiger partial charge in [0.1, 0.15) is 34.6 Å². The first kappa shape index (κ1) is 34.3. The second-order valence-electron chi connectivity index (χ2n) is 10.8. The molecule has 2 nitrogen and oxygen atoms in total. The number of halogens is 10. The molecular weight excluding hydrogens is 654 g/mol. The number of rotatable bonds is 10. The highest BCUT2D eigenvalue weighted by Crippen LogP contribution is 2.39. The van der Waals surface area contributed by atoms with Crippen molar-refractivity contribution in [2.75, 3.05) is 0 Å². The third-order valence-electron chi connectivity index (χ3n) is 7.37. The van der Waals surface area contributed by atoms with Gasteiger partial charge in [0.25, 0.3) is 0 Å². The van der Waals surface area contributed by atoms with Crippen molar-refractivity contribution < 1.29 is 53.4 Å². The van der Waals surface area contributed by atoms with Crippen molar-refractivity contribution in [3.8, 4) is 44.9 Å². The van der Waals surface area contributed by atoms with Gasteiger partial charge in [-0.25, -0.2) is 22.0 Å². The number of unbranched alkanes of at least 4 members (excludes halogenated alkanes) is 1. The molecule has 0 aliphatic heterocycles. The van der Waals surface area contributed by atoms with Gasteiger partial charge >= 0.3 is 12.5 Å². The zero-order valence-corrected chi connectivity index (χ0v) is 24.9. The predicted octanol–water partition coefficient (Wildman–Crippen LogP) is 11.8. The molecule has 12 heteroatoms. The van der Waals surface area contributed by atoms with Gasteiger partial charge in [0.05, 0.1) is 0 Å². The molecule has 0 radical (unpaired) electrons. The molecule has 5 rings (SSSR count). The molecule has 250 valence electrons. The number of hydrogen-bond donors (Lipinski definition) is 0. The molecule has 5 aromatic carbocycles. The Morgan fingerprint density at radius 1 is 0.521 bits per heavy atom. The Labute approximate surface area is 268 Å². The lowest BCUT2D eigenvalue weighted by molar-refractivity contribution is -0.275. The smallest absolute Gasteiger partial charge is 0.429 e. The normalized spacial score (nSPS) is 11.9. The summed E-state index contributed by atoms with van der Waals surface area (Å²) in [6.45, 7) is 2.08. The van der Waals surface area contributed by atoms with Gasteiger partial charge < -0.3 is 9.47 Å². The summed E-state index contributed by atoms with van der Waals surface area (Å²) in [4.78, 5) is 0. The molecule has 0 saturated heterocycles. The Hall–Kier alpha value is -5.00.